The van der Waals surface area contributed by atoms with Crippen molar-refractivity contribution in [3.8, 4) is 17.2 Å². The van der Waals surface area contributed by atoms with Crippen molar-refractivity contribution in [3.63, 3.8) is 0 Å². The van der Waals surface area contributed by atoms with Gasteiger partial charge < -0.3 is 14.2 Å². The van der Waals surface area contributed by atoms with E-state index < -0.39 is 0 Å². The normalized spacial score (nSPS) is 11.8. The van der Waals surface area contributed by atoms with Crippen LogP contribution in [0.25, 0.3) is 0 Å². The van der Waals surface area contributed by atoms with Crippen molar-refractivity contribution in [3.05, 3.63) is 96.3 Å². The van der Waals surface area contributed by atoms with E-state index in [1.54, 1.807) is 13.4 Å². The molecule has 0 saturated carbocycles. The Morgan fingerprint density at radius 3 is 2.21 bits per heavy atom. The summed E-state index contributed by atoms with van der Waals surface area (Å²) in [6.07, 6.45) is 1.65. The summed E-state index contributed by atoms with van der Waals surface area (Å²) in [4.78, 5) is 4.65. The van der Waals surface area contributed by atoms with E-state index in [2.05, 4.69) is 4.99 Å². The van der Waals surface area contributed by atoms with Gasteiger partial charge in [-0.1, -0.05) is 30.3 Å². The number of hydrogen-bond acceptors (Lipinski definition) is 4. The second kappa shape index (κ2) is 9.42. The van der Waals surface area contributed by atoms with Crippen LogP contribution < -0.4 is 14.2 Å². The summed E-state index contributed by atoms with van der Waals surface area (Å²) in [5.41, 5.74) is 2.66. The molecule has 0 heterocycles. The number of methoxy groups -OCH3 is 1. The van der Waals surface area contributed by atoms with E-state index in [1.807, 2.05) is 92.7 Å². The summed E-state index contributed by atoms with van der Waals surface area (Å²) >= 11 is 0. The Morgan fingerprint density at radius 1 is 0.821 bits per heavy atom. The maximum atomic E-state index is 6.02. The van der Waals surface area contributed by atoms with Crippen LogP contribution in [-0.4, -0.2) is 13.0 Å². The fraction of sp³-hybridized carbons (Fsp3) is 0.125. The molecule has 0 aliphatic carbocycles. The molecule has 142 valence electrons. The Labute approximate surface area is 165 Å². The first-order valence-corrected chi connectivity index (χ1v) is 9.00. The average Bonchev–Trinajstić information content (AvgIpc) is 2.73. The van der Waals surface area contributed by atoms with Crippen molar-refractivity contribution in [2.24, 2.45) is 4.99 Å². The van der Waals surface area contributed by atoms with Crippen molar-refractivity contribution in [1.82, 2.24) is 0 Å². The first-order valence-electron chi connectivity index (χ1n) is 9.00. The van der Waals surface area contributed by atoms with Gasteiger partial charge in [0.05, 0.1) is 19.1 Å². The number of para-hydroxylation sites is 1. The minimum Gasteiger partial charge on any atom is -0.497 e. The lowest BCUT2D eigenvalue weighted by atomic mass is 10.2. The van der Waals surface area contributed by atoms with E-state index in [9.17, 15) is 0 Å². The first-order chi connectivity index (χ1) is 13.6. The SMILES string of the molecule is COc1ccc(N=C(Oc2ccccc2)C(C)=COc2cccc(C)c2)cc1. The summed E-state index contributed by atoms with van der Waals surface area (Å²) in [5.74, 6) is 2.71. The van der Waals surface area contributed by atoms with Crippen LogP contribution in [0.3, 0.4) is 0 Å². The van der Waals surface area contributed by atoms with Gasteiger partial charge in [0, 0.05) is 5.57 Å². The molecular formula is C24H23NO3. The van der Waals surface area contributed by atoms with Crippen LogP contribution in [0.15, 0.2) is 95.7 Å². The summed E-state index contributed by atoms with van der Waals surface area (Å²) < 4.78 is 17.0. The molecule has 0 fully saturated rings. The first kappa shape index (κ1) is 19.2. The van der Waals surface area contributed by atoms with Crippen molar-refractivity contribution in [2.45, 2.75) is 13.8 Å². The van der Waals surface area contributed by atoms with E-state index in [-0.39, 0.29) is 0 Å². The third kappa shape index (κ3) is 5.48. The van der Waals surface area contributed by atoms with Gasteiger partial charge in [-0.2, -0.15) is 0 Å². The molecule has 0 N–H and O–H groups in total. The van der Waals surface area contributed by atoms with Gasteiger partial charge in [-0.25, -0.2) is 4.99 Å². The van der Waals surface area contributed by atoms with Gasteiger partial charge in [-0.05, 0) is 67.9 Å². The monoisotopic (exact) mass is 373 g/mol. The molecule has 0 amide bonds. The van der Waals surface area contributed by atoms with Gasteiger partial charge in [0.15, 0.2) is 0 Å². The number of benzene rings is 3. The Hall–Kier alpha value is -3.53. The van der Waals surface area contributed by atoms with Gasteiger partial charge in [0.2, 0.25) is 5.90 Å². The van der Waals surface area contributed by atoms with Gasteiger partial charge >= 0.3 is 0 Å². The largest absolute Gasteiger partial charge is 0.497 e. The standard InChI is InChI=1S/C24H23NO3/c1-18-8-7-11-23(16-18)27-17-19(2)24(28-22-9-5-4-6-10-22)25-20-12-14-21(26-3)15-13-20/h4-17H,1-3H3. The number of aliphatic imine (C=N–C) groups is 1. The Bertz CT molecular complexity index is 961. The predicted octanol–water partition coefficient (Wildman–Crippen LogP) is 6.10. The molecule has 4 heteroatoms. The van der Waals surface area contributed by atoms with Crippen LogP contribution >= 0.6 is 0 Å². The number of aryl methyl sites for hydroxylation is 1. The zero-order valence-corrected chi connectivity index (χ0v) is 16.3. The van der Waals surface area contributed by atoms with Crippen molar-refractivity contribution in [2.75, 3.05) is 7.11 Å². The smallest absolute Gasteiger partial charge is 0.225 e. The molecule has 0 aliphatic rings. The molecule has 3 aromatic rings. The van der Waals surface area contributed by atoms with E-state index in [4.69, 9.17) is 14.2 Å². The molecular weight excluding hydrogens is 350 g/mol. The molecule has 0 spiro atoms. The summed E-state index contributed by atoms with van der Waals surface area (Å²) in [6, 6.07) is 24.9. The highest BCUT2D eigenvalue weighted by atomic mass is 16.5. The number of nitrogens with zero attached hydrogens (tertiary/aromatic N) is 1. The van der Waals surface area contributed by atoms with Gasteiger partial charge in [-0.15, -0.1) is 0 Å². The molecule has 0 bridgehead atoms. The lowest BCUT2D eigenvalue weighted by Crippen LogP contribution is -2.10. The number of rotatable bonds is 6. The highest BCUT2D eigenvalue weighted by molar-refractivity contribution is 5.96. The molecule has 0 unspecified atom stereocenters. The second-order valence-electron chi connectivity index (χ2n) is 6.27. The number of ether oxygens (including phenoxy) is 3. The van der Waals surface area contributed by atoms with Gasteiger partial charge in [-0.3, -0.25) is 0 Å². The van der Waals surface area contributed by atoms with E-state index >= 15 is 0 Å². The Morgan fingerprint density at radius 2 is 1.54 bits per heavy atom. The average molecular weight is 373 g/mol. The highest BCUT2D eigenvalue weighted by Gasteiger charge is 2.08. The maximum Gasteiger partial charge on any atom is 0.225 e. The van der Waals surface area contributed by atoms with E-state index in [0.29, 0.717) is 11.6 Å². The fourth-order valence-corrected chi connectivity index (χ4v) is 2.46. The summed E-state index contributed by atoms with van der Waals surface area (Å²) in [6.45, 7) is 3.93. The van der Waals surface area contributed by atoms with Crippen molar-refractivity contribution < 1.29 is 14.2 Å². The minimum absolute atomic E-state index is 0.462. The molecule has 4 nitrogen and oxygen atoms in total. The molecule has 0 aromatic heterocycles. The minimum atomic E-state index is 0.462. The molecule has 0 atom stereocenters. The Balaban J connectivity index is 1.87. The fourth-order valence-electron chi connectivity index (χ4n) is 2.46. The van der Waals surface area contributed by atoms with Crippen LogP contribution in [0.5, 0.6) is 17.2 Å². The van der Waals surface area contributed by atoms with Crippen LogP contribution in [0.2, 0.25) is 0 Å². The lowest BCUT2D eigenvalue weighted by Gasteiger charge is -2.10. The number of hydrogen-bond donors (Lipinski definition) is 0. The molecule has 3 aromatic carbocycles. The van der Waals surface area contributed by atoms with E-state index in [0.717, 1.165) is 28.3 Å². The van der Waals surface area contributed by atoms with Crippen LogP contribution in [-0.2, 0) is 0 Å². The van der Waals surface area contributed by atoms with Gasteiger partial charge in [0.1, 0.15) is 17.2 Å². The van der Waals surface area contributed by atoms with E-state index in [1.165, 1.54) is 0 Å². The molecule has 0 aliphatic heterocycles. The topological polar surface area (TPSA) is 40.0 Å². The van der Waals surface area contributed by atoms with Crippen LogP contribution in [0.1, 0.15) is 12.5 Å². The van der Waals surface area contributed by atoms with Crippen LogP contribution in [0.4, 0.5) is 5.69 Å². The molecule has 3 rings (SSSR count). The zero-order valence-electron chi connectivity index (χ0n) is 16.3. The van der Waals surface area contributed by atoms with Crippen molar-refractivity contribution in [1.29, 1.82) is 0 Å². The summed E-state index contributed by atoms with van der Waals surface area (Å²) in [5, 5.41) is 0. The Kier molecular flexibility index (Phi) is 6.47. The summed E-state index contributed by atoms with van der Waals surface area (Å²) in [7, 11) is 1.64. The van der Waals surface area contributed by atoms with Crippen LogP contribution in [0, 0.1) is 6.92 Å². The predicted molar refractivity (Wildman–Crippen MR) is 113 cm³/mol. The van der Waals surface area contributed by atoms with Crippen molar-refractivity contribution >= 4 is 11.6 Å². The molecule has 28 heavy (non-hydrogen) atoms. The molecule has 0 radical (unpaired) electrons. The highest BCUT2D eigenvalue weighted by Crippen LogP contribution is 2.21. The maximum absolute atomic E-state index is 6.02. The lowest BCUT2D eigenvalue weighted by molar-refractivity contribution is 0.415. The third-order valence-corrected chi connectivity index (χ3v) is 3.96. The zero-order chi connectivity index (χ0) is 19.8. The second-order valence-corrected chi connectivity index (χ2v) is 6.27. The van der Waals surface area contributed by atoms with Gasteiger partial charge in [0.25, 0.3) is 0 Å². The quantitative estimate of drug-likeness (QED) is 0.298. The molecule has 0 saturated heterocycles. The third-order valence-electron chi connectivity index (χ3n) is 3.96.